The number of rotatable bonds is 7. The zero-order valence-corrected chi connectivity index (χ0v) is 15.1. The molecule has 1 saturated heterocycles. The molecule has 10 nitrogen and oxygen atoms in total. The molecular formula is C17H20N4O6. The Morgan fingerprint density at radius 2 is 1.74 bits per heavy atom. The molecule has 0 aliphatic carbocycles. The predicted molar refractivity (Wildman–Crippen MR) is 93.9 cm³/mol. The quantitative estimate of drug-likeness (QED) is 0.494. The first kappa shape index (κ1) is 19.9. The number of hydrogen-bond acceptors (Lipinski definition) is 6. The molecule has 0 radical (unpaired) electrons. The summed E-state index contributed by atoms with van der Waals surface area (Å²) < 4.78 is 5.00. The molecule has 27 heavy (non-hydrogen) atoms. The monoisotopic (exact) mass is 376 g/mol. The van der Waals surface area contributed by atoms with Gasteiger partial charge in [-0.2, -0.15) is 0 Å². The van der Waals surface area contributed by atoms with E-state index in [4.69, 9.17) is 4.74 Å². The molecule has 1 heterocycles. The lowest BCUT2D eigenvalue weighted by Crippen LogP contribution is -2.49. The summed E-state index contributed by atoms with van der Waals surface area (Å²) in [6, 6.07) is 4.17. The van der Waals surface area contributed by atoms with Gasteiger partial charge in [-0.05, 0) is 38.1 Å². The van der Waals surface area contributed by atoms with Crippen molar-refractivity contribution < 1.29 is 28.7 Å². The molecule has 0 spiro atoms. The predicted octanol–water partition coefficient (Wildman–Crippen LogP) is -0.369. The van der Waals surface area contributed by atoms with Crippen molar-refractivity contribution >= 4 is 35.3 Å². The van der Waals surface area contributed by atoms with Crippen LogP contribution in [-0.2, 0) is 19.2 Å². The fourth-order valence-corrected chi connectivity index (χ4v) is 2.43. The van der Waals surface area contributed by atoms with Crippen LogP contribution in [0.2, 0.25) is 0 Å². The number of carbonyl (C=O) groups is 5. The van der Waals surface area contributed by atoms with Gasteiger partial charge in [-0.3, -0.25) is 19.2 Å². The van der Waals surface area contributed by atoms with Crippen LogP contribution in [0.1, 0.15) is 13.8 Å². The summed E-state index contributed by atoms with van der Waals surface area (Å²) in [5.74, 6) is -2.80. The molecule has 144 valence electrons. The Morgan fingerprint density at radius 3 is 2.30 bits per heavy atom. The lowest BCUT2D eigenvalue weighted by Gasteiger charge is -2.17. The van der Waals surface area contributed by atoms with Gasteiger partial charge in [0.2, 0.25) is 11.8 Å². The number of methoxy groups -OCH3 is 1. The smallest absolute Gasteiger partial charge is 0.339 e. The van der Waals surface area contributed by atoms with E-state index in [0.717, 1.165) is 0 Å². The summed E-state index contributed by atoms with van der Waals surface area (Å²) >= 11 is 0. The number of nitrogens with zero attached hydrogens (tertiary/aromatic N) is 2. The first-order valence-electron chi connectivity index (χ1n) is 8.21. The number of amides is 6. The maximum absolute atomic E-state index is 12.5. The van der Waals surface area contributed by atoms with Gasteiger partial charge in [0.15, 0.2) is 0 Å². The molecule has 0 saturated carbocycles. The fraction of sp³-hybridized carbons (Fsp3) is 0.353. The lowest BCUT2D eigenvalue weighted by molar-refractivity contribution is -0.140. The highest BCUT2D eigenvalue weighted by atomic mass is 16.5. The average Bonchev–Trinajstić information content (AvgIpc) is 2.85. The molecule has 2 N–H and O–H groups in total. The molecule has 1 aliphatic rings. The first-order chi connectivity index (χ1) is 12.8. The number of hydrogen-bond donors (Lipinski definition) is 2. The van der Waals surface area contributed by atoms with Gasteiger partial charge in [-0.1, -0.05) is 0 Å². The number of imide groups is 2. The first-order valence-corrected chi connectivity index (χ1v) is 8.21. The third-order valence-electron chi connectivity index (χ3n) is 3.81. The fourth-order valence-electron chi connectivity index (χ4n) is 2.43. The molecule has 0 unspecified atom stereocenters. The van der Waals surface area contributed by atoms with Gasteiger partial charge in [-0.15, -0.1) is 0 Å². The van der Waals surface area contributed by atoms with Gasteiger partial charge in [0.05, 0.1) is 12.8 Å². The molecule has 1 aromatic carbocycles. The minimum absolute atomic E-state index is 0.178. The highest BCUT2D eigenvalue weighted by Gasteiger charge is 2.46. The number of benzene rings is 1. The normalized spacial score (nSPS) is 15.0. The third-order valence-corrected chi connectivity index (χ3v) is 3.81. The maximum Gasteiger partial charge on any atom is 0.339 e. The van der Waals surface area contributed by atoms with E-state index in [1.807, 2.05) is 0 Å². The van der Waals surface area contributed by atoms with Gasteiger partial charge >= 0.3 is 17.8 Å². The Kier molecular flexibility index (Phi) is 6.11. The molecule has 2 rings (SSSR count). The van der Waals surface area contributed by atoms with E-state index in [1.165, 1.54) is 38.3 Å². The van der Waals surface area contributed by atoms with Crippen LogP contribution in [0.25, 0.3) is 0 Å². The Labute approximate surface area is 155 Å². The van der Waals surface area contributed by atoms with E-state index >= 15 is 0 Å². The van der Waals surface area contributed by atoms with Crippen molar-refractivity contribution in [3.63, 3.8) is 0 Å². The highest BCUT2D eigenvalue weighted by molar-refractivity contribution is 6.53. The van der Waals surface area contributed by atoms with Gasteiger partial charge in [0.1, 0.15) is 18.3 Å². The van der Waals surface area contributed by atoms with Crippen LogP contribution in [0.3, 0.4) is 0 Å². The zero-order valence-electron chi connectivity index (χ0n) is 15.1. The number of likely N-dealkylation sites (N-methyl/N-ethyl adjacent to an activating group) is 1. The second-order valence-corrected chi connectivity index (χ2v) is 5.70. The highest BCUT2D eigenvalue weighted by Crippen LogP contribution is 2.24. The van der Waals surface area contributed by atoms with Crippen LogP contribution in [0.5, 0.6) is 5.75 Å². The summed E-state index contributed by atoms with van der Waals surface area (Å²) in [6.45, 7) is 2.92. The SMILES string of the molecule is CCNC(=O)[C@H](C)NC(=O)CN1C(=O)C(=O)N(c2ccc(OC)cc2)C1=O. The topological polar surface area (TPSA) is 125 Å². The Hall–Kier alpha value is -3.43. The largest absolute Gasteiger partial charge is 0.497 e. The van der Waals surface area contributed by atoms with Gasteiger partial charge in [0.25, 0.3) is 0 Å². The van der Waals surface area contributed by atoms with E-state index < -0.39 is 42.2 Å². The molecule has 1 aromatic rings. The Morgan fingerprint density at radius 1 is 1.11 bits per heavy atom. The Balaban J connectivity index is 2.08. The van der Waals surface area contributed by atoms with Crippen LogP contribution < -0.4 is 20.3 Å². The zero-order chi connectivity index (χ0) is 20.1. The lowest BCUT2D eigenvalue weighted by atomic mass is 10.3. The molecule has 1 fully saturated rings. The summed E-state index contributed by atoms with van der Waals surface area (Å²) in [4.78, 5) is 61.6. The van der Waals surface area contributed by atoms with Crippen LogP contribution in [0.4, 0.5) is 10.5 Å². The van der Waals surface area contributed by atoms with Crippen LogP contribution in [0.15, 0.2) is 24.3 Å². The van der Waals surface area contributed by atoms with Crippen molar-refractivity contribution in [3.05, 3.63) is 24.3 Å². The number of urea groups is 1. The molecule has 0 bridgehead atoms. The summed E-state index contributed by atoms with van der Waals surface area (Å²) in [6.07, 6.45) is 0. The summed E-state index contributed by atoms with van der Waals surface area (Å²) in [7, 11) is 1.47. The van der Waals surface area contributed by atoms with Crippen molar-refractivity contribution in [2.24, 2.45) is 0 Å². The molecular weight excluding hydrogens is 356 g/mol. The molecule has 0 aromatic heterocycles. The summed E-state index contributed by atoms with van der Waals surface area (Å²) in [5.41, 5.74) is 0.178. The second-order valence-electron chi connectivity index (χ2n) is 5.70. The van der Waals surface area contributed by atoms with E-state index in [-0.39, 0.29) is 5.69 Å². The maximum atomic E-state index is 12.5. The van der Waals surface area contributed by atoms with E-state index in [1.54, 1.807) is 6.92 Å². The number of anilines is 1. The van der Waals surface area contributed by atoms with Crippen LogP contribution >= 0.6 is 0 Å². The Bertz CT molecular complexity index is 776. The van der Waals surface area contributed by atoms with Gasteiger partial charge < -0.3 is 15.4 Å². The molecule has 6 amide bonds. The summed E-state index contributed by atoms with van der Waals surface area (Å²) in [5, 5.41) is 4.91. The van der Waals surface area contributed by atoms with Crippen molar-refractivity contribution in [2.75, 3.05) is 25.1 Å². The number of ether oxygens (including phenoxy) is 1. The van der Waals surface area contributed by atoms with Gasteiger partial charge in [-0.25, -0.2) is 14.6 Å². The van der Waals surface area contributed by atoms with E-state index in [0.29, 0.717) is 22.1 Å². The van der Waals surface area contributed by atoms with Crippen molar-refractivity contribution in [1.82, 2.24) is 15.5 Å². The third kappa shape index (κ3) is 4.22. The standard InChI is InChI=1S/C17H20N4O6/c1-4-18-14(23)10(2)19-13(22)9-20-15(24)16(25)21(17(20)26)11-5-7-12(27-3)8-6-11/h5-8,10H,4,9H2,1-3H3,(H,18,23)(H,19,22)/t10-/m0/s1. The number of nitrogens with one attached hydrogen (secondary N) is 2. The van der Waals surface area contributed by atoms with Crippen LogP contribution in [0, 0.1) is 0 Å². The second kappa shape index (κ2) is 8.30. The van der Waals surface area contributed by atoms with Crippen LogP contribution in [-0.4, -0.2) is 60.8 Å². The minimum Gasteiger partial charge on any atom is -0.497 e. The molecule has 1 aliphatic heterocycles. The van der Waals surface area contributed by atoms with E-state index in [9.17, 15) is 24.0 Å². The number of carbonyl (C=O) groups excluding carboxylic acids is 5. The molecule has 1 atom stereocenters. The van der Waals surface area contributed by atoms with Crippen molar-refractivity contribution in [3.8, 4) is 5.75 Å². The van der Waals surface area contributed by atoms with E-state index in [2.05, 4.69) is 10.6 Å². The van der Waals surface area contributed by atoms with Crippen molar-refractivity contribution in [2.45, 2.75) is 19.9 Å². The van der Waals surface area contributed by atoms with Crippen molar-refractivity contribution in [1.29, 1.82) is 0 Å². The average molecular weight is 376 g/mol. The molecule has 10 heteroatoms. The minimum atomic E-state index is -1.11. The van der Waals surface area contributed by atoms with Gasteiger partial charge in [0, 0.05) is 6.54 Å².